The lowest BCUT2D eigenvalue weighted by atomic mass is 9.73. The Labute approximate surface area is 89.9 Å². The van der Waals surface area contributed by atoms with Crippen molar-refractivity contribution >= 4 is 15.9 Å². The molecule has 2 rings (SSSR count). The Morgan fingerprint density at radius 3 is 2.93 bits per heavy atom. The summed E-state index contributed by atoms with van der Waals surface area (Å²) in [6, 6.07) is 0. The van der Waals surface area contributed by atoms with Crippen LogP contribution in [-0.2, 0) is 4.74 Å². The van der Waals surface area contributed by atoms with E-state index in [1.165, 1.54) is 0 Å². The van der Waals surface area contributed by atoms with Crippen molar-refractivity contribution in [3.63, 3.8) is 0 Å². The molecule has 2 aliphatic rings. The number of allylic oxidation sites excluding steroid dienone is 4. The molecule has 1 aliphatic heterocycles. The Hall–Kier alpha value is -0.380. The maximum Gasteiger partial charge on any atom is 0.263 e. The summed E-state index contributed by atoms with van der Waals surface area (Å²) in [6.45, 7) is 1.67. The average molecular weight is 265 g/mol. The van der Waals surface area contributed by atoms with Crippen molar-refractivity contribution in [3.05, 3.63) is 22.4 Å². The third kappa shape index (κ3) is 1.31. The molecule has 1 unspecified atom stereocenters. The molecule has 0 aromatic heterocycles. The van der Waals surface area contributed by atoms with Crippen LogP contribution in [0.4, 0.5) is 8.78 Å². The van der Waals surface area contributed by atoms with E-state index in [1.807, 2.05) is 0 Å². The van der Waals surface area contributed by atoms with E-state index in [4.69, 9.17) is 4.74 Å². The van der Waals surface area contributed by atoms with Crippen LogP contribution in [0.2, 0.25) is 0 Å². The summed E-state index contributed by atoms with van der Waals surface area (Å²) in [5.74, 6) is -2.26. The van der Waals surface area contributed by atoms with Gasteiger partial charge in [-0.05, 0) is 19.4 Å². The van der Waals surface area contributed by atoms with Gasteiger partial charge in [0.1, 0.15) is 5.76 Å². The lowest BCUT2D eigenvalue weighted by Crippen LogP contribution is -2.46. The molecule has 1 fully saturated rings. The van der Waals surface area contributed by atoms with Crippen molar-refractivity contribution in [1.82, 2.24) is 0 Å². The van der Waals surface area contributed by atoms with Gasteiger partial charge in [0.15, 0.2) is 0 Å². The molecule has 1 heterocycles. The van der Waals surface area contributed by atoms with Crippen molar-refractivity contribution < 1.29 is 13.5 Å². The zero-order chi connectivity index (χ0) is 10.4. The fourth-order valence-corrected chi connectivity index (χ4v) is 2.21. The van der Waals surface area contributed by atoms with E-state index >= 15 is 0 Å². The largest absolute Gasteiger partial charge is 0.497 e. The zero-order valence-electron chi connectivity index (χ0n) is 7.82. The minimum absolute atomic E-state index is 0.106. The molecular weight excluding hydrogens is 254 g/mol. The van der Waals surface area contributed by atoms with Gasteiger partial charge in [0.2, 0.25) is 0 Å². The molecule has 14 heavy (non-hydrogen) atoms. The first-order valence-corrected chi connectivity index (χ1v) is 5.33. The van der Waals surface area contributed by atoms with Crippen molar-refractivity contribution in [2.45, 2.75) is 25.7 Å². The number of rotatable bonds is 0. The highest BCUT2D eigenvalue weighted by Crippen LogP contribution is 2.53. The smallest absolute Gasteiger partial charge is 0.263 e. The molecule has 0 aromatic rings. The van der Waals surface area contributed by atoms with Gasteiger partial charge in [-0.2, -0.15) is 0 Å². The predicted molar refractivity (Wildman–Crippen MR) is 53.3 cm³/mol. The summed E-state index contributed by atoms with van der Waals surface area (Å²) < 4.78 is 33.5. The summed E-state index contributed by atoms with van der Waals surface area (Å²) in [5.41, 5.74) is -1.15. The first kappa shape index (κ1) is 10.1. The second-order valence-corrected chi connectivity index (χ2v) is 4.85. The molecule has 0 N–H and O–H groups in total. The van der Waals surface area contributed by atoms with E-state index in [9.17, 15) is 8.78 Å². The lowest BCUT2D eigenvalue weighted by molar-refractivity contribution is -0.158. The van der Waals surface area contributed by atoms with Crippen LogP contribution in [0.1, 0.15) is 19.8 Å². The fraction of sp³-hybridized carbons (Fsp3) is 0.600. The topological polar surface area (TPSA) is 9.23 Å². The van der Waals surface area contributed by atoms with E-state index in [1.54, 1.807) is 19.1 Å². The number of alkyl halides is 2. The average Bonchev–Trinajstić information content (AvgIpc) is 2.09. The van der Waals surface area contributed by atoms with Gasteiger partial charge in [-0.25, -0.2) is 8.78 Å². The van der Waals surface area contributed by atoms with Gasteiger partial charge in [0.05, 0.1) is 12.0 Å². The summed E-state index contributed by atoms with van der Waals surface area (Å²) in [4.78, 5) is 0. The second-order valence-electron chi connectivity index (χ2n) is 3.94. The molecule has 0 saturated carbocycles. The van der Waals surface area contributed by atoms with E-state index in [0.29, 0.717) is 12.2 Å². The summed E-state index contributed by atoms with van der Waals surface area (Å²) in [5, 5.41) is 0. The Kier molecular flexibility index (Phi) is 2.21. The molecule has 0 radical (unpaired) electrons. The Morgan fingerprint density at radius 1 is 1.50 bits per heavy atom. The molecule has 0 aromatic carbocycles. The molecule has 0 bridgehead atoms. The molecule has 1 nitrogen and oxygen atoms in total. The quantitative estimate of drug-likeness (QED) is 0.650. The Balaban J connectivity index is 2.41. The van der Waals surface area contributed by atoms with Crippen LogP contribution in [0.5, 0.6) is 0 Å². The van der Waals surface area contributed by atoms with Crippen molar-refractivity contribution in [2.75, 3.05) is 6.61 Å². The minimum Gasteiger partial charge on any atom is -0.497 e. The van der Waals surface area contributed by atoms with Crippen LogP contribution in [-0.4, -0.2) is 12.5 Å². The third-order valence-corrected chi connectivity index (χ3v) is 3.55. The SMILES string of the molecule is CC12CC=C(Br)C=C1OCCC2(F)F. The van der Waals surface area contributed by atoms with Gasteiger partial charge in [-0.3, -0.25) is 0 Å². The number of hydrogen-bond donors (Lipinski definition) is 0. The molecule has 1 saturated heterocycles. The maximum absolute atomic E-state index is 13.7. The van der Waals surface area contributed by atoms with E-state index in [-0.39, 0.29) is 13.0 Å². The number of hydrogen-bond acceptors (Lipinski definition) is 1. The van der Waals surface area contributed by atoms with Gasteiger partial charge < -0.3 is 4.74 Å². The van der Waals surface area contributed by atoms with E-state index in [0.717, 1.165) is 4.48 Å². The maximum atomic E-state index is 13.7. The molecule has 4 heteroatoms. The van der Waals surface area contributed by atoms with Crippen LogP contribution < -0.4 is 0 Å². The fourth-order valence-electron chi connectivity index (χ4n) is 1.84. The third-order valence-electron chi connectivity index (χ3n) is 3.00. The van der Waals surface area contributed by atoms with Crippen LogP contribution in [0.3, 0.4) is 0 Å². The van der Waals surface area contributed by atoms with E-state index in [2.05, 4.69) is 15.9 Å². The van der Waals surface area contributed by atoms with Crippen molar-refractivity contribution in [3.8, 4) is 0 Å². The molecule has 1 aliphatic carbocycles. The summed E-state index contributed by atoms with van der Waals surface area (Å²) >= 11 is 3.27. The molecule has 1 atom stereocenters. The van der Waals surface area contributed by atoms with Crippen LogP contribution in [0.25, 0.3) is 0 Å². The number of halogens is 3. The highest BCUT2D eigenvalue weighted by molar-refractivity contribution is 9.11. The van der Waals surface area contributed by atoms with Crippen LogP contribution >= 0.6 is 15.9 Å². The second kappa shape index (κ2) is 3.05. The highest BCUT2D eigenvalue weighted by atomic mass is 79.9. The first-order valence-electron chi connectivity index (χ1n) is 4.54. The van der Waals surface area contributed by atoms with Crippen molar-refractivity contribution in [2.24, 2.45) is 5.41 Å². The molecular formula is C10H11BrF2O. The summed E-state index contributed by atoms with van der Waals surface area (Å²) in [7, 11) is 0. The van der Waals surface area contributed by atoms with Crippen LogP contribution in [0.15, 0.2) is 22.4 Å². The molecule has 0 spiro atoms. The summed E-state index contributed by atoms with van der Waals surface area (Å²) in [6.07, 6.45) is 3.56. The van der Waals surface area contributed by atoms with Gasteiger partial charge in [-0.1, -0.05) is 22.0 Å². The van der Waals surface area contributed by atoms with Crippen LogP contribution in [0, 0.1) is 5.41 Å². The Bertz CT molecular complexity index is 322. The van der Waals surface area contributed by atoms with Gasteiger partial charge in [0.25, 0.3) is 5.92 Å². The predicted octanol–water partition coefficient (Wildman–Crippen LogP) is 3.61. The van der Waals surface area contributed by atoms with Gasteiger partial charge in [-0.15, -0.1) is 0 Å². The molecule has 78 valence electrons. The number of fused-ring (bicyclic) bond motifs is 1. The minimum atomic E-state index is -2.67. The zero-order valence-corrected chi connectivity index (χ0v) is 9.40. The lowest BCUT2D eigenvalue weighted by Gasteiger charge is -2.43. The monoisotopic (exact) mass is 264 g/mol. The Morgan fingerprint density at radius 2 is 2.21 bits per heavy atom. The normalized spacial score (nSPS) is 35.1. The number of ether oxygens (including phenoxy) is 1. The standard InChI is InChI=1S/C10H11BrF2O/c1-9-3-2-7(11)6-8(9)14-5-4-10(9,12)13/h2,6H,3-5H2,1H3. The molecule has 0 amide bonds. The highest BCUT2D eigenvalue weighted by Gasteiger charge is 2.56. The van der Waals surface area contributed by atoms with Crippen molar-refractivity contribution in [1.29, 1.82) is 0 Å². The first-order chi connectivity index (χ1) is 6.46. The van der Waals surface area contributed by atoms with Gasteiger partial charge in [0, 0.05) is 10.9 Å². The van der Waals surface area contributed by atoms with Gasteiger partial charge >= 0.3 is 0 Å². The van der Waals surface area contributed by atoms with E-state index < -0.39 is 11.3 Å².